The summed E-state index contributed by atoms with van der Waals surface area (Å²) in [6, 6.07) is 14.8. The van der Waals surface area contributed by atoms with Crippen LogP contribution in [0.25, 0.3) is 0 Å². The van der Waals surface area contributed by atoms with E-state index in [0.717, 1.165) is 44.0 Å². The fourth-order valence-corrected chi connectivity index (χ4v) is 3.14. The second-order valence-electron chi connectivity index (χ2n) is 6.76. The number of nitrogens with two attached hydrogens (primary N) is 1. The summed E-state index contributed by atoms with van der Waals surface area (Å²) in [4.78, 5) is 25.8. The van der Waals surface area contributed by atoms with Crippen molar-refractivity contribution in [1.82, 2.24) is 15.5 Å². The second kappa shape index (κ2) is 9.87. The van der Waals surface area contributed by atoms with E-state index in [-0.39, 0.29) is 6.03 Å². The number of ether oxygens (including phenoxy) is 1. The van der Waals surface area contributed by atoms with E-state index in [1.165, 1.54) is 5.56 Å². The zero-order valence-electron chi connectivity index (χ0n) is 15.8. The van der Waals surface area contributed by atoms with Gasteiger partial charge in [0.05, 0.1) is 13.2 Å². The summed E-state index contributed by atoms with van der Waals surface area (Å²) in [6.07, 6.45) is 0. The summed E-state index contributed by atoms with van der Waals surface area (Å²) in [5, 5.41) is 5.71. The van der Waals surface area contributed by atoms with Crippen molar-refractivity contribution >= 4 is 11.9 Å². The van der Waals surface area contributed by atoms with Crippen LogP contribution >= 0.6 is 0 Å². The Morgan fingerprint density at radius 3 is 2.43 bits per heavy atom. The maximum atomic E-state index is 12.2. The topological polar surface area (TPSA) is 96.7 Å². The Morgan fingerprint density at radius 1 is 0.964 bits per heavy atom. The number of benzene rings is 2. The molecule has 148 valence electrons. The highest BCUT2D eigenvalue weighted by molar-refractivity contribution is 5.92. The standard InChI is InChI=1S/C21H26N4O3/c22-20(26)17-7-3-4-16(12-17)13-23-21(27)24-14-18-5-1-2-6-19(18)15-25-8-10-28-11-9-25/h1-7,12H,8-11,13-15H2,(H2,22,26)(H2,23,24,27). The molecular weight excluding hydrogens is 356 g/mol. The van der Waals surface area contributed by atoms with Gasteiger partial charge in [0.2, 0.25) is 5.91 Å². The van der Waals surface area contributed by atoms with Gasteiger partial charge >= 0.3 is 6.03 Å². The highest BCUT2D eigenvalue weighted by Gasteiger charge is 2.13. The van der Waals surface area contributed by atoms with Gasteiger partial charge in [-0.25, -0.2) is 4.79 Å². The largest absolute Gasteiger partial charge is 0.379 e. The van der Waals surface area contributed by atoms with Crippen molar-refractivity contribution in [2.45, 2.75) is 19.6 Å². The molecule has 2 aromatic rings. The number of amides is 3. The first-order chi connectivity index (χ1) is 13.6. The lowest BCUT2D eigenvalue weighted by molar-refractivity contribution is 0.0341. The van der Waals surface area contributed by atoms with Crippen LogP contribution in [0.5, 0.6) is 0 Å². The lowest BCUT2D eigenvalue weighted by Crippen LogP contribution is -2.37. The summed E-state index contributed by atoms with van der Waals surface area (Å²) in [5.74, 6) is -0.483. The third-order valence-corrected chi connectivity index (χ3v) is 4.72. The molecule has 7 heteroatoms. The SMILES string of the molecule is NC(=O)c1cccc(CNC(=O)NCc2ccccc2CN2CCOCC2)c1. The van der Waals surface area contributed by atoms with Gasteiger partial charge in [-0.3, -0.25) is 9.69 Å². The average Bonchev–Trinajstić information content (AvgIpc) is 2.72. The Bertz CT molecular complexity index is 819. The van der Waals surface area contributed by atoms with Crippen molar-refractivity contribution in [2.24, 2.45) is 5.73 Å². The van der Waals surface area contributed by atoms with Crippen molar-refractivity contribution in [3.8, 4) is 0 Å². The first-order valence-corrected chi connectivity index (χ1v) is 9.39. The molecule has 0 saturated carbocycles. The number of nitrogens with one attached hydrogen (secondary N) is 2. The van der Waals surface area contributed by atoms with Crippen molar-refractivity contribution in [3.63, 3.8) is 0 Å². The summed E-state index contributed by atoms with van der Waals surface area (Å²) in [7, 11) is 0. The van der Waals surface area contributed by atoms with Crippen molar-refractivity contribution in [3.05, 3.63) is 70.8 Å². The molecule has 0 unspecified atom stereocenters. The van der Waals surface area contributed by atoms with E-state index in [2.05, 4.69) is 21.6 Å². The van der Waals surface area contributed by atoms with Crippen LogP contribution in [0.3, 0.4) is 0 Å². The fraction of sp³-hybridized carbons (Fsp3) is 0.333. The number of carbonyl (C=O) groups excluding carboxylic acids is 2. The highest BCUT2D eigenvalue weighted by atomic mass is 16.5. The van der Waals surface area contributed by atoms with Gasteiger partial charge in [0, 0.05) is 38.3 Å². The quantitative estimate of drug-likeness (QED) is 0.678. The number of primary amides is 1. The van der Waals surface area contributed by atoms with Crippen molar-refractivity contribution < 1.29 is 14.3 Å². The number of hydrogen-bond donors (Lipinski definition) is 3. The van der Waals surface area contributed by atoms with E-state index in [1.807, 2.05) is 24.3 Å². The molecule has 1 fully saturated rings. The van der Waals surface area contributed by atoms with Crippen LogP contribution in [0, 0.1) is 0 Å². The molecule has 0 aromatic heterocycles. The minimum absolute atomic E-state index is 0.259. The maximum absolute atomic E-state index is 12.2. The minimum Gasteiger partial charge on any atom is -0.379 e. The van der Waals surface area contributed by atoms with Gasteiger partial charge in [-0.1, -0.05) is 36.4 Å². The molecule has 3 rings (SSSR count). The predicted molar refractivity (Wildman–Crippen MR) is 107 cm³/mol. The molecule has 4 N–H and O–H groups in total. The zero-order valence-corrected chi connectivity index (χ0v) is 15.8. The number of hydrogen-bond acceptors (Lipinski definition) is 4. The van der Waals surface area contributed by atoms with Crippen LogP contribution in [0.15, 0.2) is 48.5 Å². The van der Waals surface area contributed by atoms with Gasteiger partial charge < -0.3 is 21.1 Å². The van der Waals surface area contributed by atoms with Crippen molar-refractivity contribution in [1.29, 1.82) is 0 Å². The molecule has 0 bridgehead atoms. The van der Waals surface area contributed by atoms with E-state index < -0.39 is 5.91 Å². The van der Waals surface area contributed by atoms with Crippen LogP contribution < -0.4 is 16.4 Å². The van der Waals surface area contributed by atoms with E-state index >= 15 is 0 Å². The second-order valence-corrected chi connectivity index (χ2v) is 6.76. The van der Waals surface area contributed by atoms with Crippen LogP contribution in [0.1, 0.15) is 27.0 Å². The summed E-state index contributed by atoms with van der Waals surface area (Å²) in [5.41, 5.74) is 8.83. The molecule has 1 saturated heterocycles. The van der Waals surface area contributed by atoms with E-state index in [0.29, 0.717) is 18.7 Å². The molecule has 1 aliphatic heterocycles. The van der Waals surface area contributed by atoms with Gasteiger partial charge in [-0.05, 0) is 28.8 Å². The molecule has 0 radical (unpaired) electrons. The summed E-state index contributed by atoms with van der Waals surface area (Å²) < 4.78 is 5.40. The van der Waals surface area contributed by atoms with Crippen LogP contribution in [0.4, 0.5) is 4.79 Å². The third-order valence-electron chi connectivity index (χ3n) is 4.72. The molecule has 0 atom stereocenters. The highest BCUT2D eigenvalue weighted by Crippen LogP contribution is 2.13. The van der Waals surface area contributed by atoms with Gasteiger partial charge in [0.25, 0.3) is 0 Å². The molecule has 0 aliphatic carbocycles. The van der Waals surface area contributed by atoms with E-state index in [1.54, 1.807) is 18.2 Å². The van der Waals surface area contributed by atoms with Gasteiger partial charge in [0.1, 0.15) is 0 Å². The zero-order chi connectivity index (χ0) is 19.8. The number of rotatable bonds is 7. The van der Waals surface area contributed by atoms with Crippen LogP contribution in [-0.2, 0) is 24.4 Å². The lowest BCUT2D eigenvalue weighted by atomic mass is 10.1. The summed E-state index contributed by atoms with van der Waals surface area (Å²) >= 11 is 0. The molecule has 7 nitrogen and oxygen atoms in total. The molecule has 3 amide bonds. The predicted octanol–water partition coefficient (Wildman–Crippen LogP) is 1.62. The number of morpholine rings is 1. The molecule has 1 aliphatic rings. The number of nitrogens with zero attached hydrogens (tertiary/aromatic N) is 1. The number of carbonyl (C=O) groups is 2. The smallest absolute Gasteiger partial charge is 0.315 e. The van der Waals surface area contributed by atoms with Gasteiger partial charge in [-0.15, -0.1) is 0 Å². The Kier molecular flexibility index (Phi) is 7.00. The average molecular weight is 382 g/mol. The molecule has 1 heterocycles. The normalized spacial score (nSPS) is 14.4. The Morgan fingerprint density at radius 2 is 1.68 bits per heavy atom. The first kappa shape index (κ1) is 19.9. The van der Waals surface area contributed by atoms with Gasteiger partial charge in [0.15, 0.2) is 0 Å². The molecule has 2 aromatic carbocycles. The van der Waals surface area contributed by atoms with Crippen LogP contribution in [0.2, 0.25) is 0 Å². The number of urea groups is 1. The minimum atomic E-state index is -0.483. The van der Waals surface area contributed by atoms with E-state index in [9.17, 15) is 9.59 Å². The Hall–Kier alpha value is -2.90. The van der Waals surface area contributed by atoms with Gasteiger partial charge in [-0.2, -0.15) is 0 Å². The Balaban J connectivity index is 1.50. The van der Waals surface area contributed by atoms with Crippen molar-refractivity contribution in [2.75, 3.05) is 26.3 Å². The maximum Gasteiger partial charge on any atom is 0.315 e. The molecule has 28 heavy (non-hydrogen) atoms. The monoisotopic (exact) mass is 382 g/mol. The lowest BCUT2D eigenvalue weighted by Gasteiger charge is -2.27. The molecular formula is C21H26N4O3. The van der Waals surface area contributed by atoms with E-state index in [4.69, 9.17) is 10.5 Å². The fourth-order valence-electron chi connectivity index (χ4n) is 3.14. The van der Waals surface area contributed by atoms with Crippen LogP contribution in [-0.4, -0.2) is 43.1 Å². The molecule has 0 spiro atoms. The first-order valence-electron chi connectivity index (χ1n) is 9.39. The Labute approximate surface area is 164 Å². The third kappa shape index (κ3) is 5.80. The summed E-state index contributed by atoms with van der Waals surface area (Å²) in [6.45, 7) is 5.00.